The summed E-state index contributed by atoms with van der Waals surface area (Å²) in [6.45, 7) is 6.62. The van der Waals surface area contributed by atoms with Crippen LogP contribution < -0.4 is 0 Å². The number of Topliss-reactive ketones (excluding diaryl/α,β-unsaturated/α-hetero) is 1. The van der Waals surface area contributed by atoms with Crippen LogP contribution >= 0.6 is 0 Å². The zero-order valence-corrected chi connectivity index (χ0v) is 12.9. The van der Waals surface area contributed by atoms with E-state index < -0.39 is 21.9 Å². The smallest absolute Gasteiger partial charge is 0.171 e. The highest BCUT2D eigenvalue weighted by Gasteiger charge is 2.69. The summed E-state index contributed by atoms with van der Waals surface area (Å²) in [5, 5.41) is -0.582. The van der Waals surface area contributed by atoms with Crippen molar-refractivity contribution in [3.05, 3.63) is 0 Å². The van der Waals surface area contributed by atoms with Gasteiger partial charge in [-0.2, -0.15) is 0 Å². The fraction of sp³-hybridized carbons (Fsp3) is 0.929. The number of ketones is 1. The van der Waals surface area contributed by atoms with Crippen molar-refractivity contribution in [3.8, 4) is 0 Å². The molecule has 1 heterocycles. The molecule has 0 spiro atoms. The molecule has 1 saturated heterocycles. The van der Waals surface area contributed by atoms with Crippen LogP contribution in [0.5, 0.6) is 0 Å². The second kappa shape index (κ2) is 4.87. The van der Waals surface area contributed by atoms with E-state index in [9.17, 15) is 13.6 Å². The Labute approximate surface area is 122 Å². The minimum absolute atomic E-state index is 0.189. The highest BCUT2D eigenvalue weighted by Crippen LogP contribution is 2.66. The SMILES string of the molecule is CC1(C)C2CCC1(C(N1CCOCC1)S(=O)O)C(=O)C2. The van der Waals surface area contributed by atoms with Gasteiger partial charge < -0.3 is 9.29 Å². The van der Waals surface area contributed by atoms with Crippen LogP contribution in [0.15, 0.2) is 0 Å². The van der Waals surface area contributed by atoms with Crippen LogP contribution in [0.3, 0.4) is 0 Å². The Hall–Kier alpha value is -0.300. The Kier molecular flexibility index (Phi) is 3.56. The minimum atomic E-state index is -2.02. The van der Waals surface area contributed by atoms with Crippen LogP contribution in [-0.4, -0.2) is 51.1 Å². The third-order valence-electron chi connectivity index (χ3n) is 5.98. The van der Waals surface area contributed by atoms with Gasteiger partial charge >= 0.3 is 0 Å². The van der Waals surface area contributed by atoms with Gasteiger partial charge in [0.1, 0.15) is 11.2 Å². The lowest BCUT2D eigenvalue weighted by Crippen LogP contribution is -2.59. The van der Waals surface area contributed by atoms with Crippen LogP contribution in [0.25, 0.3) is 0 Å². The molecule has 114 valence electrons. The molecule has 0 aromatic heterocycles. The van der Waals surface area contributed by atoms with Crippen LogP contribution in [0.4, 0.5) is 0 Å². The van der Waals surface area contributed by atoms with Gasteiger partial charge in [0.15, 0.2) is 11.1 Å². The molecule has 0 aromatic carbocycles. The van der Waals surface area contributed by atoms with Gasteiger partial charge in [-0.05, 0) is 24.2 Å². The second-order valence-corrected chi connectivity index (χ2v) is 7.83. The number of ether oxygens (including phenoxy) is 1. The summed E-state index contributed by atoms with van der Waals surface area (Å²) in [5.74, 6) is 0.555. The number of morpholine rings is 1. The van der Waals surface area contributed by atoms with E-state index in [4.69, 9.17) is 4.74 Å². The highest BCUT2D eigenvalue weighted by molar-refractivity contribution is 7.79. The number of carbonyl (C=O) groups is 1. The van der Waals surface area contributed by atoms with Gasteiger partial charge in [0.05, 0.1) is 18.6 Å². The Morgan fingerprint density at radius 1 is 1.40 bits per heavy atom. The van der Waals surface area contributed by atoms with Crippen molar-refractivity contribution in [2.75, 3.05) is 26.3 Å². The predicted molar refractivity (Wildman–Crippen MR) is 75.5 cm³/mol. The van der Waals surface area contributed by atoms with Crippen molar-refractivity contribution < 1.29 is 18.3 Å². The normalized spacial score (nSPS) is 40.0. The minimum Gasteiger partial charge on any atom is -0.379 e. The number of carbonyl (C=O) groups excluding carboxylic acids is 1. The van der Waals surface area contributed by atoms with Crippen molar-refractivity contribution in [1.82, 2.24) is 4.90 Å². The molecule has 2 bridgehead atoms. The molecule has 2 aliphatic carbocycles. The van der Waals surface area contributed by atoms with Crippen molar-refractivity contribution >= 4 is 16.9 Å². The van der Waals surface area contributed by atoms with Crippen molar-refractivity contribution in [3.63, 3.8) is 0 Å². The molecular weight excluding hydrogens is 278 g/mol. The molecule has 1 N–H and O–H groups in total. The van der Waals surface area contributed by atoms with Gasteiger partial charge in [-0.25, -0.2) is 4.21 Å². The Balaban J connectivity index is 2.01. The maximum Gasteiger partial charge on any atom is 0.171 e. The van der Waals surface area contributed by atoms with Gasteiger partial charge in [-0.1, -0.05) is 13.8 Å². The van der Waals surface area contributed by atoms with Gasteiger partial charge in [0.25, 0.3) is 0 Å². The van der Waals surface area contributed by atoms with Crippen LogP contribution in [0, 0.1) is 16.7 Å². The van der Waals surface area contributed by atoms with E-state index >= 15 is 0 Å². The summed E-state index contributed by atoms with van der Waals surface area (Å²) in [7, 11) is 0. The van der Waals surface area contributed by atoms with E-state index in [1.54, 1.807) is 0 Å². The summed E-state index contributed by atoms with van der Waals surface area (Å²) in [5.41, 5.74) is -0.847. The number of nitrogens with zero attached hydrogens (tertiary/aromatic N) is 1. The first-order chi connectivity index (χ1) is 9.41. The maximum absolute atomic E-state index is 12.7. The topological polar surface area (TPSA) is 66.8 Å². The van der Waals surface area contributed by atoms with E-state index in [-0.39, 0.29) is 11.2 Å². The number of fused-ring (bicyclic) bond motifs is 2. The van der Waals surface area contributed by atoms with Crippen LogP contribution in [0.1, 0.15) is 33.1 Å². The molecule has 3 fully saturated rings. The van der Waals surface area contributed by atoms with Crippen molar-refractivity contribution in [1.29, 1.82) is 0 Å². The summed E-state index contributed by atoms with van der Waals surface area (Å²) in [6.07, 6.45) is 2.32. The Morgan fingerprint density at radius 2 is 2.05 bits per heavy atom. The van der Waals surface area contributed by atoms with Crippen LogP contribution in [-0.2, 0) is 20.6 Å². The number of rotatable bonds is 3. The Morgan fingerprint density at radius 3 is 2.50 bits per heavy atom. The van der Waals surface area contributed by atoms with E-state index in [1.165, 1.54) is 0 Å². The fourth-order valence-corrected chi connectivity index (χ4v) is 6.08. The molecule has 2 saturated carbocycles. The first kappa shape index (κ1) is 14.6. The van der Waals surface area contributed by atoms with E-state index in [2.05, 4.69) is 13.8 Å². The molecule has 0 amide bonds. The molecule has 5 nitrogen and oxygen atoms in total. The molecule has 3 rings (SSSR count). The molecule has 20 heavy (non-hydrogen) atoms. The highest BCUT2D eigenvalue weighted by atomic mass is 32.2. The quantitative estimate of drug-likeness (QED) is 0.795. The summed E-state index contributed by atoms with van der Waals surface area (Å²) >= 11 is -2.02. The molecule has 4 atom stereocenters. The number of hydrogen-bond acceptors (Lipinski definition) is 4. The summed E-state index contributed by atoms with van der Waals surface area (Å²) in [6, 6.07) is 0. The van der Waals surface area contributed by atoms with Crippen LogP contribution in [0.2, 0.25) is 0 Å². The molecule has 4 unspecified atom stereocenters. The molecule has 6 heteroatoms. The average Bonchev–Trinajstić information content (AvgIpc) is 2.74. The molecule has 1 aliphatic heterocycles. The maximum atomic E-state index is 12.7. The third kappa shape index (κ3) is 1.78. The predicted octanol–water partition coefficient (Wildman–Crippen LogP) is 1.26. The lowest BCUT2D eigenvalue weighted by Gasteiger charge is -2.46. The summed E-state index contributed by atoms with van der Waals surface area (Å²) < 4.78 is 27.3. The van der Waals surface area contributed by atoms with E-state index in [0.29, 0.717) is 38.6 Å². The number of hydrogen-bond donors (Lipinski definition) is 1. The van der Waals surface area contributed by atoms with Crippen molar-refractivity contribution in [2.45, 2.75) is 38.5 Å². The van der Waals surface area contributed by atoms with Gasteiger partial charge in [0, 0.05) is 19.5 Å². The summed E-state index contributed by atoms with van der Waals surface area (Å²) in [4.78, 5) is 14.7. The third-order valence-corrected chi connectivity index (χ3v) is 7.06. The second-order valence-electron chi connectivity index (χ2n) is 6.83. The fourth-order valence-electron chi connectivity index (χ4n) is 4.71. The van der Waals surface area contributed by atoms with Crippen molar-refractivity contribution in [2.24, 2.45) is 16.7 Å². The monoisotopic (exact) mass is 301 g/mol. The standard InChI is InChI=1S/C14H23NO4S/c1-13(2)10-3-4-14(13,11(16)9-10)12(20(17)18)15-5-7-19-8-6-15/h10,12H,3-9H2,1-2H3,(H,17,18). The van der Waals surface area contributed by atoms with E-state index in [0.717, 1.165) is 12.8 Å². The molecule has 0 radical (unpaired) electrons. The molecule has 0 aromatic rings. The van der Waals surface area contributed by atoms with Gasteiger partial charge in [-0.3, -0.25) is 9.69 Å². The van der Waals surface area contributed by atoms with Gasteiger partial charge in [0.2, 0.25) is 0 Å². The molecular formula is C14H23NO4S. The first-order valence-electron chi connectivity index (χ1n) is 7.36. The Bertz CT molecular complexity index is 446. The largest absolute Gasteiger partial charge is 0.379 e. The molecule has 3 aliphatic rings. The first-order valence-corrected chi connectivity index (χ1v) is 8.53. The zero-order valence-electron chi connectivity index (χ0n) is 12.1. The van der Waals surface area contributed by atoms with Gasteiger partial charge in [-0.15, -0.1) is 0 Å². The van der Waals surface area contributed by atoms with E-state index in [1.807, 2.05) is 4.90 Å². The lowest BCUT2D eigenvalue weighted by atomic mass is 9.68. The lowest BCUT2D eigenvalue weighted by molar-refractivity contribution is -0.133. The zero-order chi connectivity index (χ0) is 14.5. The average molecular weight is 301 g/mol.